The zero-order chi connectivity index (χ0) is 10.9. The second kappa shape index (κ2) is 4.42. The van der Waals surface area contributed by atoms with Crippen LogP contribution in [0, 0.1) is 11.3 Å². The fourth-order valence-corrected chi connectivity index (χ4v) is 2.93. The van der Waals surface area contributed by atoms with Gasteiger partial charge in [-0.15, -0.1) is 0 Å². The first-order chi connectivity index (χ1) is 7.05. The monoisotopic (exact) mass is 210 g/mol. The summed E-state index contributed by atoms with van der Waals surface area (Å²) in [6, 6.07) is 0.781. The normalized spacial score (nSPS) is 33.8. The van der Waals surface area contributed by atoms with E-state index in [9.17, 15) is 0 Å². The van der Waals surface area contributed by atoms with Crippen molar-refractivity contribution in [2.24, 2.45) is 11.3 Å². The fourth-order valence-electron chi connectivity index (χ4n) is 2.93. The number of likely N-dealkylation sites (tertiary alicyclic amines) is 1. The van der Waals surface area contributed by atoms with Crippen LogP contribution in [0.5, 0.6) is 0 Å². The van der Waals surface area contributed by atoms with E-state index in [1.165, 1.54) is 45.4 Å². The molecule has 0 amide bonds. The summed E-state index contributed by atoms with van der Waals surface area (Å²) in [5.74, 6) is 0.902. The van der Waals surface area contributed by atoms with Crippen molar-refractivity contribution in [3.8, 4) is 0 Å². The van der Waals surface area contributed by atoms with Gasteiger partial charge in [0.1, 0.15) is 0 Å². The van der Waals surface area contributed by atoms with Gasteiger partial charge < -0.3 is 10.2 Å². The minimum Gasteiger partial charge on any atom is -0.313 e. The summed E-state index contributed by atoms with van der Waals surface area (Å²) >= 11 is 0. The van der Waals surface area contributed by atoms with Crippen LogP contribution in [0.4, 0.5) is 0 Å². The van der Waals surface area contributed by atoms with Crippen LogP contribution in [-0.4, -0.2) is 37.1 Å². The summed E-state index contributed by atoms with van der Waals surface area (Å²) in [5.41, 5.74) is 0.498. The first-order valence-electron chi connectivity index (χ1n) is 6.51. The Kier molecular flexibility index (Phi) is 3.36. The predicted octanol–water partition coefficient (Wildman–Crippen LogP) is 2.11. The van der Waals surface area contributed by atoms with Gasteiger partial charge in [-0.1, -0.05) is 20.8 Å². The van der Waals surface area contributed by atoms with E-state index >= 15 is 0 Å². The number of hydrogen-bond donors (Lipinski definition) is 1. The molecule has 0 aromatic rings. The lowest BCUT2D eigenvalue weighted by Gasteiger charge is -2.27. The molecule has 15 heavy (non-hydrogen) atoms. The Morgan fingerprint density at radius 3 is 2.60 bits per heavy atom. The Balaban J connectivity index is 1.77. The fraction of sp³-hybridized carbons (Fsp3) is 1.00. The van der Waals surface area contributed by atoms with Crippen LogP contribution in [-0.2, 0) is 0 Å². The Bertz CT molecular complexity index is 201. The van der Waals surface area contributed by atoms with Crippen molar-refractivity contribution in [1.82, 2.24) is 10.2 Å². The minimum absolute atomic E-state index is 0.498. The maximum Gasteiger partial charge on any atom is 0.0195 e. The third-order valence-corrected chi connectivity index (χ3v) is 4.14. The molecule has 0 bridgehead atoms. The molecule has 2 aliphatic rings. The number of hydrogen-bond acceptors (Lipinski definition) is 2. The molecule has 2 aliphatic heterocycles. The topological polar surface area (TPSA) is 15.3 Å². The average molecular weight is 210 g/mol. The number of rotatable bonds is 2. The van der Waals surface area contributed by atoms with Gasteiger partial charge in [-0.3, -0.25) is 0 Å². The second-order valence-corrected chi connectivity index (χ2v) is 6.40. The van der Waals surface area contributed by atoms with Gasteiger partial charge in [0.2, 0.25) is 0 Å². The summed E-state index contributed by atoms with van der Waals surface area (Å²) in [6.07, 6.45) is 4.16. The van der Waals surface area contributed by atoms with E-state index in [-0.39, 0.29) is 0 Å². The van der Waals surface area contributed by atoms with Crippen molar-refractivity contribution in [1.29, 1.82) is 0 Å². The van der Waals surface area contributed by atoms with Gasteiger partial charge in [-0.2, -0.15) is 0 Å². The molecule has 2 fully saturated rings. The highest BCUT2D eigenvalue weighted by Crippen LogP contribution is 2.33. The highest BCUT2D eigenvalue weighted by atomic mass is 15.2. The minimum atomic E-state index is 0.498. The van der Waals surface area contributed by atoms with Crippen molar-refractivity contribution in [3.05, 3.63) is 0 Å². The summed E-state index contributed by atoms with van der Waals surface area (Å²) < 4.78 is 0. The van der Waals surface area contributed by atoms with Crippen molar-refractivity contribution >= 4 is 0 Å². The summed E-state index contributed by atoms with van der Waals surface area (Å²) in [5, 5.41) is 3.60. The van der Waals surface area contributed by atoms with E-state index in [2.05, 4.69) is 31.0 Å². The van der Waals surface area contributed by atoms with Gasteiger partial charge in [0.15, 0.2) is 0 Å². The van der Waals surface area contributed by atoms with Crippen molar-refractivity contribution in [2.45, 2.75) is 46.1 Å². The van der Waals surface area contributed by atoms with Crippen LogP contribution in [0.2, 0.25) is 0 Å². The number of nitrogens with one attached hydrogen (secondary N) is 1. The molecular weight excluding hydrogens is 184 g/mol. The summed E-state index contributed by atoms with van der Waals surface area (Å²) in [4.78, 5) is 2.67. The zero-order valence-electron chi connectivity index (χ0n) is 10.6. The Labute approximate surface area is 94.4 Å². The molecule has 0 spiro atoms. The van der Waals surface area contributed by atoms with Gasteiger partial charge in [0, 0.05) is 19.1 Å². The lowest BCUT2D eigenvalue weighted by molar-refractivity contribution is 0.222. The molecule has 2 heterocycles. The van der Waals surface area contributed by atoms with Gasteiger partial charge in [0.05, 0.1) is 0 Å². The summed E-state index contributed by atoms with van der Waals surface area (Å²) in [6.45, 7) is 12.3. The van der Waals surface area contributed by atoms with Crippen molar-refractivity contribution < 1.29 is 0 Å². The maximum atomic E-state index is 3.60. The van der Waals surface area contributed by atoms with Gasteiger partial charge >= 0.3 is 0 Å². The second-order valence-electron chi connectivity index (χ2n) is 6.40. The smallest absolute Gasteiger partial charge is 0.0195 e. The SMILES string of the molecule is CC(C)(C)C1CCN(CC2CCCN2)C1. The van der Waals surface area contributed by atoms with Crippen LogP contribution < -0.4 is 5.32 Å². The predicted molar refractivity (Wildman–Crippen MR) is 65.0 cm³/mol. The molecule has 1 N–H and O–H groups in total. The van der Waals surface area contributed by atoms with E-state index in [0.29, 0.717) is 5.41 Å². The quantitative estimate of drug-likeness (QED) is 0.751. The molecule has 2 saturated heterocycles. The average Bonchev–Trinajstić information content (AvgIpc) is 2.73. The molecule has 2 nitrogen and oxygen atoms in total. The molecule has 2 rings (SSSR count). The molecule has 0 radical (unpaired) electrons. The van der Waals surface area contributed by atoms with Crippen molar-refractivity contribution in [3.63, 3.8) is 0 Å². The highest BCUT2D eigenvalue weighted by Gasteiger charge is 2.32. The zero-order valence-corrected chi connectivity index (χ0v) is 10.6. The molecular formula is C13H26N2. The third-order valence-electron chi connectivity index (χ3n) is 4.14. The molecule has 2 unspecified atom stereocenters. The van der Waals surface area contributed by atoms with Crippen LogP contribution >= 0.6 is 0 Å². The van der Waals surface area contributed by atoms with E-state index in [1.807, 2.05) is 0 Å². The van der Waals surface area contributed by atoms with Crippen LogP contribution in [0.1, 0.15) is 40.0 Å². The first kappa shape index (κ1) is 11.4. The maximum absolute atomic E-state index is 3.60. The van der Waals surface area contributed by atoms with E-state index in [1.54, 1.807) is 0 Å². The Hall–Kier alpha value is -0.0800. The van der Waals surface area contributed by atoms with E-state index in [4.69, 9.17) is 0 Å². The molecule has 0 aromatic heterocycles. The van der Waals surface area contributed by atoms with Crippen LogP contribution in [0.25, 0.3) is 0 Å². The van der Waals surface area contributed by atoms with Gasteiger partial charge in [0.25, 0.3) is 0 Å². The molecule has 88 valence electrons. The molecule has 0 aliphatic carbocycles. The van der Waals surface area contributed by atoms with Gasteiger partial charge in [-0.25, -0.2) is 0 Å². The third kappa shape index (κ3) is 2.94. The first-order valence-corrected chi connectivity index (χ1v) is 6.51. The number of nitrogens with zero attached hydrogens (tertiary/aromatic N) is 1. The Morgan fingerprint density at radius 2 is 2.07 bits per heavy atom. The van der Waals surface area contributed by atoms with Crippen molar-refractivity contribution in [2.75, 3.05) is 26.2 Å². The lowest BCUT2D eigenvalue weighted by atomic mass is 9.80. The lowest BCUT2D eigenvalue weighted by Crippen LogP contribution is -2.37. The van der Waals surface area contributed by atoms with E-state index in [0.717, 1.165) is 12.0 Å². The molecule has 0 aromatic carbocycles. The Morgan fingerprint density at radius 1 is 1.27 bits per heavy atom. The molecule has 2 heteroatoms. The van der Waals surface area contributed by atoms with Gasteiger partial charge in [-0.05, 0) is 43.7 Å². The van der Waals surface area contributed by atoms with E-state index < -0.39 is 0 Å². The van der Waals surface area contributed by atoms with Crippen LogP contribution in [0.15, 0.2) is 0 Å². The van der Waals surface area contributed by atoms with Crippen LogP contribution in [0.3, 0.4) is 0 Å². The molecule has 0 saturated carbocycles. The largest absolute Gasteiger partial charge is 0.313 e. The standard InChI is InChI=1S/C13H26N2/c1-13(2,3)11-6-8-15(9-11)10-12-5-4-7-14-12/h11-12,14H,4-10H2,1-3H3. The summed E-state index contributed by atoms with van der Waals surface area (Å²) in [7, 11) is 0. The molecule has 2 atom stereocenters. The highest BCUT2D eigenvalue weighted by molar-refractivity contribution is 4.87.